The van der Waals surface area contributed by atoms with Crippen molar-refractivity contribution in [2.45, 2.75) is 39.2 Å². The Morgan fingerprint density at radius 3 is 2.78 bits per heavy atom. The Morgan fingerprint density at radius 2 is 2.17 bits per heavy atom. The maximum atomic E-state index is 12.7. The zero-order chi connectivity index (χ0) is 17.0. The number of rotatable bonds is 6. The first-order chi connectivity index (χ1) is 10.8. The van der Waals surface area contributed by atoms with Crippen molar-refractivity contribution < 1.29 is 14.6 Å². The number of hydrogen-bond donors (Lipinski definition) is 1. The first-order valence-electron chi connectivity index (χ1n) is 8.26. The Hall–Kier alpha value is -1.59. The first-order valence-corrected chi connectivity index (χ1v) is 8.26. The van der Waals surface area contributed by atoms with Gasteiger partial charge in [0.15, 0.2) is 0 Å². The molecule has 1 aromatic rings. The average Bonchev–Trinajstić information content (AvgIpc) is 2.51. The molecule has 0 unspecified atom stereocenters. The smallest absolute Gasteiger partial charge is 0.241 e. The minimum absolute atomic E-state index is 0.0854. The fourth-order valence-corrected chi connectivity index (χ4v) is 3.06. The Labute approximate surface area is 138 Å². The van der Waals surface area contributed by atoms with E-state index in [4.69, 9.17) is 4.74 Å². The fourth-order valence-electron chi connectivity index (χ4n) is 3.06. The van der Waals surface area contributed by atoms with Crippen molar-refractivity contribution in [2.24, 2.45) is 0 Å². The van der Waals surface area contributed by atoms with Crippen LogP contribution in [-0.2, 0) is 11.2 Å². The molecule has 23 heavy (non-hydrogen) atoms. The molecule has 5 heteroatoms. The van der Waals surface area contributed by atoms with Crippen LogP contribution in [0.1, 0.15) is 32.8 Å². The van der Waals surface area contributed by atoms with Gasteiger partial charge in [0.2, 0.25) is 5.91 Å². The number of carbonyl (C=O) groups is 1. The van der Waals surface area contributed by atoms with E-state index >= 15 is 0 Å². The number of carbonyl (C=O) groups excluding carboxylic acids is 1. The van der Waals surface area contributed by atoms with E-state index < -0.39 is 5.60 Å². The number of fused-ring (bicyclic) bond motifs is 1. The van der Waals surface area contributed by atoms with E-state index in [1.54, 1.807) is 21.0 Å². The number of benzene rings is 1. The van der Waals surface area contributed by atoms with Gasteiger partial charge < -0.3 is 14.7 Å². The molecule has 0 bridgehead atoms. The van der Waals surface area contributed by atoms with E-state index in [0.29, 0.717) is 13.1 Å². The van der Waals surface area contributed by atoms with E-state index in [1.165, 1.54) is 0 Å². The number of hydrogen-bond acceptors (Lipinski definition) is 4. The average molecular weight is 320 g/mol. The molecule has 1 amide bonds. The van der Waals surface area contributed by atoms with Crippen molar-refractivity contribution in [3.8, 4) is 5.75 Å². The number of likely N-dealkylation sites (N-methyl/N-ethyl adjacent to an activating group) is 1. The number of aryl methyl sites for hydroxylation is 1. The summed E-state index contributed by atoms with van der Waals surface area (Å²) in [5.41, 5.74) is 1.35. The lowest BCUT2D eigenvalue weighted by atomic mass is 10.0. The second-order valence-corrected chi connectivity index (χ2v) is 6.76. The molecule has 1 aliphatic heterocycles. The largest absolute Gasteiger partial charge is 0.497 e. The second kappa shape index (κ2) is 7.32. The van der Waals surface area contributed by atoms with Gasteiger partial charge in [-0.1, -0.05) is 6.92 Å². The summed E-state index contributed by atoms with van der Waals surface area (Å²) in [6.07, 6.45) is 1.93. The molecule has 5 nitrogen and oxygen atoms in total. The molecule has 128 valence electrons. The van der Waals surface area contributed by atoms with Crippen LogP contribution in [0, 0.1) is 0 Å². The summed E-state index contributed by atoms with van der Waals surface area (Å²) in [5, 5.41) is 9.98. The van der Waals surface area contributed by atoms with Crippen molar-refractivity contribution in [3.63, 3.8) is 0 Å². The third-order valence-corrected chi connectivity index (χ3v) is 4.12. The maximum absolute atomic E-state index is 12.7. The highest BCUT2D eigenvalue weighted by atomic mass is 16.5. The third kappa shape index (κ3) is 4.69. The SMILES string of the molecule is CCN(CC(=O)N1CCCc2cc(OC)ccc21)CC(C)(C)O. The molecule has 0 aromatic heterocycles. The highest BCUT2D eigenvalue weighted by molar-refractivity contribution is 5.96. The zero-order valence-corrected chi connectivity index (χ0v) is 14.6. The lowest BCUT2D eigenvalue weighted by Gasteiger charge is -2.33. The fraction of sp³-hybridized carbons (Fsp3) is 0.611. The summed E-state index contributed by atoms with van der Waals surface area (Å²) in [7, 11) is 1.66. The summed E-state index contributed by atoms with van der Waals surface area (Å²) in [6, 6.07) is 5.89. The summed E-state index contributed by atoms with van der Waals surface area (Å²) < 4.78 is 5.27. The van der Waals surface area contributed by atoms with E-state index in [1.807, 2.05) is 34.9 Å². The van der Waals surface area contributed by atoms with Crippen LogP contribution in [0.5, 0.6) is 5.75 Å². The molecule has 2 rings (SSSR count). The minimum atomic E-state index is -0.802. The molecule has 0 saturated heterocycles. The van der Waals surface area contributed by atoms with E-state index in [2.05, 4.69) is 0 Å². The predicted octanol–water partition coefficient (Wildman–Crippen LogP) is 2.07. The standard InChI is InChI=1S/C18H28N2O3/c1-5-19(13-18(2,3)22)12-17(21)20-10-6-7-14-11-15(23-4)8-9-16(14)20/h8-9,11,22H,5-7,10,12-13H2,1-4H3. The number of ether oxygens (including phenoxy) is 1. The molecular formula is C18H28N2O3. The van der Waals surface area contributed by atoms with Crippen molar-refractivity contribution in [1.82, 2.24) is 4.90 Å². The van der Waals surface area contributed by atoms with E-state index in [0.717, 1.165) is 42.9 Å². The summed E-state index contributed by atoms with van der Waals surface area (Å²) in [4.78, 5) is 16.6. The highest BCUT2D eigenvalue weighted by Crippen LogP contribution is 2.30. The summed E-state index contributed by atoms with van der Waals surface area (Å²) in [6.45, 7) is 7.83. The molecule has 0 aliphatic carbocycles. The molecule has 0 fully saturated rings. The Morgan fingerprint density at radius 1 is 1.43 bits per heavy atom. The molecule has 0 radical (unpaired) electrons. The number of aliphatic hydroxyl groups is 1. The van der Waals surface area contributed by atoms with Gasteiger partial charge in [-0.05, 0) is 57.0 Å². The van der Waals surface area contributed by atoms with Gasteiger partial charge in [-0.25, -0.2) is 0 Å². The van der Waals surface area contributed by atoms with Crippen molar-refractivity contribution in [2.75, 3.05) is 38.2 Å². The molecule has 1 aromatic carbocycles. The van der Waals surface area contributed by atoms with Crippen LogP contribution in [0.3, 0.4) is 0 Å². The van der Waals surface area contributed by atoms with E-state index in [9.17, 15) is 9.90 Å². The highest BCUT2D eigenvalue weighted by Gasteiger charge is 2.26. The van der Waals surface area contributed by atoms with Crippen LogP contribution >= 0.6 is 0 Å². The molecule has 1 aliphatic rings. The monoisotopic (exact) mass is 320 g/mol. The molecule has 0 atom stereocenters. The number of methoxy groups -OCH3 is 1. The first kappa shape index (κ1) is 17.8. The number of nitrogens with zero attached hydrogens (tertiary/aromatic N) is 2. The van der Waals surface area contributed by atoms with Crippen LogP contribution in [0.15, 0.2) is 18.2 Å². The van der Waals surface area contributed by atoms with Gasteiger partial charge in [0, 0.05) is 18.8 Å². The normalized spacial score (nSPS) is 14.8. The van der Waals surface area contributed by atoms with Crippen molar-refractivity contribution in [1.29, 1.82) is 0 Å². The Kier molecular flexibility index (Phi) is 5.65. The van der Waals surface area contributed by atoms with Crippen molar-refractivity contribution in [3.05, 3.63) is 23.8 Å². The predicted molar refractivity (Wildman–Crippen MR) is 92.1 cm³/mol. The molecule has 1 heterocycles. The lowest BCUT2D eigenvalue weighted by Crippen LogP contribution is -2.46. The maximum Gasteiger partial charge on any atom is 0.241 e. The summed E-state index contributed by atoms with van der Waals surface area (Å²) in [5.74, 6) is 0.914. The van der Waals surface area contributed by atoms with Gasteiger partial charge in [-0.15, -0.1) is 0 Å². The van der Waals surface area contributed by atoms with Crippen LogP contribution < -0.4 is 9.64 Å². The van der Waals surface area contributed by atoms with Gasteiger partial charge in [0.05, 0.1) is 19.3 Å². The number of anilines is 1. The second-order valence-electron chi connectivity index (χ2n) is 6.76. The Bertz CT molecular complexity index is 552. The molecule has 0 saturated carbocycles. The minimum Gasteiger partial charge on any atom is -0.497 e. The quantitative estimate of drug-likeness (QED) is 0.872. The van der Waals surface area contributed by atoms with Gasteiger partial charge in [-0.3, -0.25) is 9.69 Å². The van der Waals surface area contributed by atoms with Crippen LogP contribution in [0.2, 0.25) is 0 Å². The summed E-state index contributed by atoms with van der Waals surface area (Å²) >= 11 is 0. The van der Waals surface area contributed by atoms with Crippen LogP contribution in [0.25, 0.3) is 0 Å². The van der Waals surface area contributed by atoms with Crippen LogP contribution in [-0.4, -0.2) is 54.8 Å². The van der Waals surface area contributed by atoms with Gasteiger partial charge in [0.1, 0.15) is 5.75 Å². The topological polar surface area (TPSA) is 53.0 Å². The molecular weight excluding hydrogens is 292 g/mol. The van der Waals surface area contributed by atoms with Gasteiger partial charge >= 0.3 is 0 Å². The van der Waals surface area contributed by atoms with Crippen molar-refractivity contribution >= 4 is 11.6 Å². The lowest BCUT2D eigenvalue weighted by molar-refractivity contribution is -0.120. The zero-order valence-electron chi connectivity index (χ0n) is 14.6. The van der Waals surface area contributed by atoms with Crippen LogP contribution in [0.4, 0.5) is 5.69 Å². The molecule has 0 spiro atoms. The third-order valence-electron chi connectivity index (χ3n) is 4.12. The van der Waals surface area contributed by atoms with E-state index in [-0.39, 0.29) is 5.91 Å². The number of amides is 1. The van der Waals surface area contributed by atoms with Gasteiger partial charge in [0.25, 0.3) is 0 Å². The van der Waals surface area contributed by atoms with Gasteiger partial charge in [-0.2, -0.15) is 0 Å². The Balaban J connectivity index is 2.12. The molecule has 1 N–H and O–H groups in total.